The summed E-state index contributed by atoms with van der Waals surface area (Å²) in [5.41, 5.74) is 0. The number of hydrogen-bond donors (Lipinski definition) is 2. The van der Waals surface area contributed by atoms with Crippen molar-refractivity contribution in [3.05, 3.63) is 12.7 Å². The van der Waals surface area contributed by atoms with Crippen molar-refractivity contribution in [2.45, 2.75) is 19.4 Å². The molecule has 0 bridgehead atoms. The van der Waals surface area contributed by atoms with Crippen LogP contribution >= 0.6 is 0 Å². The number of carboxylic acid groups (broad SMARTS) is 1. The number of carbonyl (C=O) groups is 2. The Morgan fingerprint density at radius 2 is 2.24 bits per heavy atom. The number of ether oxygens (including phenoxy) is 1. The number of amides is 2. The highest BCUT2D eigenvalue weighted by Gasteiger charge is 2.18. The molecule has 98 valence electrons. The number of urea groups is 1. The highest BCUT2D eigenvalue weighted by Crippen LogP contribution is 1.96. The molecule has 6 nitrogen and oxygen atoms in total. The van der Waals surface area contributed by atoms with Crippen LogP contribution < -0.4 is 5.32 Å². The quantitative estimate of drug-likeness (QED) is 0.616. The number of methoxy groups -OCH3 is 1. The molecule has 0 rings (SSSR count). The Balaban J connectivity index is 4.38. The Morgan fingerprint density at radius 3 is 2.65 bits per heavy atom. The topological polar surface area (TPSA) is 78.9 Å². The summed E-state index contributed by atoms with van der Waals surface area (Å²) in [6, 6.07) is -0.537. The van der Waals surface area contributed by atoms with Gasteiger partial charge >= 0.3 is 12.0 Å². The number of carbonyl (C=O) groups excluding carboxylic acids is 1. The predicted octanol–water partition coefficient (Wildman–Crippen LogP) is 0.694. The van der Waals surface area contributed by atoms with E-state index >= 15 is 0 Å². The van der Waals surface area contributed by atoms with E-state index in [4.69, 9.17) is 9.84 Å². The van der Waals surface area contributed by atoms with Gasteiger partial charge in [0.05, 0.1) is 12.6 Å². The Kier molecular flexibility index (Phi) is 7.79. The fourth-order valence-corrected chi connectivity index (χ4v) is 1.27. The van der Waals surface area contributed by atoms with E-state index in [1.54, 1.807) is 7.11 Å². The summed E-state index contributed by atoms with van der Waals surface area (Å²) < 4.78 is 4.95. The Labute approximate surface area is 101 Å². The lowest BCUT2D eigenvalue weighted by Crippen LogP contribution is -2.47. The van der Waals surface area contributed by atoms with Gasteiger partial charge < -0.3 is 20.1 Å². The first-order chi connectivity index (χ1) is 8.04. The summed E-state index contributed by atoms with van der Waals surface area (Å²) in [6.45, 7) is 5.65. The van der Waals surface area contributed by atoms with Crippen LogP contribution in [0.15, 0.2) is 12.7 Å². The van der Waals surface area contributed by atoms with Crippen molar-refractivity contribution in [2.24, 2.45) is 0 Å². The molecule has 2 amide bonds. The molecule has 0 spiro atoms. The lowest BCUT2D eigenvalue weighted by Gasteiger charge is -2.23. The van der Waals surface area contributed by atoms with Crippen LogP contribution in [0.5, 0.6) is 0 Å². The van der Waals surface area contributed by atoms with Gasteiger partial charge in [0.15, 0.2) is 0 Å². The number of aliphatic carboxylic acids is 1. The first kappa shape index (κ1) is 15.4. The van der Waals surface area contributed by atoms with Crippen LogP contribution in [0.4, 0.5) is 4.79 Å². The molecule has 0 aromatic heterocycles. The first-order valence-electron chi connectivity index (χ1n) is 5.42. The molecule has 0 heterocycles. The van der Waals surface area contributed by atoms with E-state index in [2.05, 4.69) is 11.9 Å². The molecule has 0 saturated heterocycles. The number of rotatable bonds is 8. The normalized spacial score (nSPS) is 11.6. The molecule has 1 unspecified atom stereocenters. The molecule has 0 fully saturated rings. The smallest absolute Gasteiger partial charge is 0.323 e. The first-order valence-corrected chi connectivity index (χ1v) is 5.42. The van der Waals surface area contributed by atoms with Gasteiger partial charge in [-0.25, -0.2) is 4.79 Å². The van der Waals surface area contributed by atoms with Gasteiger partial charge in [-0.05, 0) is 6.42 Å². The SMILES string of the molecule is C=CCN(CC(=O)O)C(=O)NC(CC)COC. The van der Waals surface area contributed by atoms with E-state index in [1.165, 1.54) is 11.0 Å². The number of hydrogen-bond acceptors (Lipinski definition) is 3. The zero-order valence-corrected chi connectivity index (χ0v) is 10.3. The third-order valence-electron chi connectivity index (χ3n) is 2.15. The van der Waals surface area contributed by atoms with E-state index in [9.17, 15) is 9.59 Å². The lowest BCUT2D eigenvalue weighted by atomic mass is 10.2. The Hall–Kier alpha value is -1.56. The van der Waals surface area contributed by atoms with Gasteiger partial charge in [0.1, 0.15) is 6.54 Å². The third kappa shape index (κ3) is 6.57. The maximum Gasteiger partial charge on any atom is 0.323 e. The molecule has 17 heavy (non-hydrogen) atoms. The summed E-state index contributed by atoms with van der Waals surface area (Å²) >= 11 is 0. The molecular formula is C11H20N2O4. The van der Waals surface area contributed by atoms with Gasteiger partial charge in [-0.2, -0.15) is 0 Å². The number of nitrogens with one attached hydrogen (secondary N) is 1. The minimum Gasteiger partial charge on any atom is -0.480 e. The van der Waals surface area contributed by atoms with Crippen LogP contribution in [0.3, 0.4) is 0 Å². The zero-order chi connectivity index (χ0) is 13.3. The third-order valence-corrected chi connectivity index (χ3v) is 2.15. The molecule has 1 atom stereocenters. The molecule has 0 saturated carbocycles. The fraction of sp³-hybridized carbons (Fsp3) is 0.636. The molecule has 6 heteroatoms. The Bertz CT molecular complexity index is 268. The second kappa shape index (κ2) is 8.58. The standard InChI is InChI=1S/C11H20N2O4/c1-4-6-13(7-10(14)15)11(16)12-9(5-2)8-17-3/h4,9H,1,5-8H2,2-3H3,(H,12,16)(H,14,15). The van der Waals surface area contributed by atoms with Gasteiger partial charge in [0.2, 0.25) is 0 Å². The summed E-state index contributed by atoms with van der Waals surface area (Å²) in [6.07, 6.45) is 2.20. The van der Waals surface area contributed by atoms with Crippen molar-refractivity contribution in [3.63, 3.8) is 0 Å². The van der Waals surface area contributed by atoms with Gasteiger partial charge in [0.25, 0.3) is 0 Å². The van der Waals surface area contributed by atoms with Crippen LogP contribution in [0, 0.1) is 0 Å². The fourth-order valence-electron chi connectivity index (χ4n) is 1.27. The largest absolute Gasteiger partial charge is 0.480 e. The van der Waals surface area contributed by atoms with Crippen molar-refractivity contribution in [2.75, 3.05) is 26.8 Å². The lowest BCUT2D eigenvalue weighted by molar-refractivity contribution is -0.137. The van der Waals surface area contributed by atoms with Crippen molar-refractivity contribution < 1.29 is 19.4 Å². The minimum atomic E-state index is -1.05. The van der Waals surface area contributed by atoms with Crippen molar-refractivity contribution in [1.82, 2.24) is 10.2 Å². The average molecular weight is 244 g/mol. The van der Waals surface area contributed by atoms with Crippen molar-refractivity contribution in [3.8, 4) is 0 Å². The van der Waals surface area contributed by atoms with E-state index in [-0.39, 0.29) is 19.1 Å². The molecule has 0 aromatic rings. The van der Waals surface area contributed by atoms with E-state index in [0.29, 0.717) is 13.0 Å². The van der Waals surface area contributed by atoms with Gasteiger partial charge in [-0.15, -0.1) is 6.58 Å². The van der Waals surface area contributed by atoms with Crippen LogP contribution in [0.1, 0.15) is 13.3 Å². The van der Waals surface area contributed by atoms with E-state index in [1.807, 2.05) is 6.92 Å². The zero-order valence-electron chi connectivity index (χ0n) is 10.3. The molecular weight excluding hydrogens is 224 g/mol. The van der Waals surface area contributed by atoms with Crippen LogP contribution in [-0.4, -0.2) is 54.9 Å². The van der Waals surface area contributed by atoms with Gasteiger partial charge in [0, 0.05) is 13.7 Å². The van der Waals surface area contributed by atoms with Gasteiger partial charge in [-0.3, -0.25) is 4.79 Å². The summed E-state index contributed by atoms with van der Waals surface area (Å²) in [5, 5.41) is 11.4. The predicted molar refractivity (Wildman–Crippen MR) is 63.9 cm³/mol. The van der Waals surface area contributed by atoms with Crippen LogP contribution in [0.25, 0.3) is 0 Å². The number of carboxylic acids is 1. The van der Waals surface area contributed by atoms with Gasteiger partial charge in [-0.1, -0.05) is 13.0 Å². The highest BCUT2D eigenvalue weighted by molar-refractivity contribution is 5.80. The van der Waals surface area contributed by atoms with Crippen LogP contribution in [0.2, 0.25) is 0 Å². The summed E-state index contributed by atoms with van der Waals surface area (Å²) in [5.74, 6) is -1.05. The maximum absolute atomic E-state index is 11.8. The second-order valence-corrected chi connectivity index (χ2v) is 3.57. The van der Waals surface area contributed by atoms with E-state index < -0.39 is 12.0 Å². The summed E-state index contributed by atoms with van der Waals surface area (Å²) in [4.78, 5) is 23.5. The van der Waals surface area contributed by atoms with Crippen molar-refractivity contribution >= 4 is 12.0 Å². The molecule has 0 radical (unpaired) electrons. The maximum atomic E-state index is 11.8. The molecule has 2 N–H and O–H groups in total. The monoisotopic (exact) mass is 244 g/mol. The number of nitrogens with zero attached hydrogens (tertiary/aromatic N) is 1. The van der Waals surface area contributed by atoms with Crippen LogP contribution in [-0.2, 0) is 9.53 Å². The highest BCUT2D eigenvalue weighted by atomic mass is 16.5. The molecule has 0 aliphatic carbocycles. The molecule has 0 aliphatic rings. The average Bonchev–Trinajstić information content (AvgIpc) is 2.27. The van der Waals surface area contributed by atoms with Crippen molar-refractivity contribution in [1.29, 1.82) is 0 Å². The molecule has 0 aliphatic heterocycles. The molecule has 0 aromatic carbocycles. The second-order valence-electron chi connectivity index (χ2n) is 3.57. The van der Waals surface area contributed by atoms with E-state index in [0.717, 1.165) is 0 Å². The minimum absolute atomic E-state index is 0.117. The summed E-state index contributed by atoms with van der Waals surface area (Å²) in [7, 11) is 1.55. The Morgan fingerprint density at radius 1 is 1.59 bits per heavy atom.